The number of likely N-dealkylation sites (tertiary alicyclic amines) is 1. The first-order valence-electron chi connectivity index (χ1n) is 7.24. The summed E-state index contributed by atoms with van der Waals surface area (Å²) in [4.78, 5) is 14.5. The molecule has 2 rings (SSSR count). The van der Waals surface area contributed by atoms with Gasteiger partial charge in [-0.25, -0.2) is 4.39 Å². The van der Waals surface area contributed by atoms with Crippen LogP contribution in [0.1, 0.15) is 49.4 Å². The Morgan fingerprint density at radius 2 is 2.11 bits per heavy atom. The van der Waals surface area contributed by atoms with Gasteiger partial charge in [0.05, 0.1) is 12.1 Å². The Morgan fingerprint density at radius 1 is 1.32 bits per heavy atom. The smallest absolute Gasteiger partial charge is 0.179 e. The fourth-order valence-corrected chi connectivity index (χ4v) is 2.86. The third kappa shape index (κ3) is 3.63. The standard InChI is InChI=1S/C16H22FNO/c1-2-13-8-4-3-7-11-18(13)12-16(19)14-9-5-6-10-15(14)17/h5-6,9-10,13H,2-4,7-8,11-12H2,1H3. The van der Waals surface area contributed by atoms with Crippen molar-refractivity contribution in [2.75, 3.05) is 13.1 Å². The zero-order valence-corrected chi connectivity index (χ0v) is 11.6. The molecule has 1 unspecified atom stereocenters. The molecular formula is C16H22FNO. The molecule has 1 aliphatic rings. The maximum absolute atomic E-state index is 13.6. The zero-order valence-electron chi connectivity index (χ0n) is 11.6. The lowest BCUT2D eigenvalue weighted by Crippen LogP contribution is -2.38. The minimum absolute atomic E-state index is 0.0987. The molecule has 1 saturated heterocycles. The van der Waals surface area contributed by atoms with Crippen LogP contribution in [0.15, 0.2) is 24.3 Å². The molecule has 1 aromatic carbocycles. The summed E-state index contributed by atoms with van der Waals surface area (Å²) in [6.45, 7) is 3.47. The normalized spacial score (nSPS) is 21.1. The molecule has 0 saturated carbocycles. The van der Waals surface area contributed by atoms with Crippen LogP contribution >= 0.6 is 0 Å². The van der Waals surface area contributed by atoms with Gasteiger partial charge in [-0.15, -0.1) is 0 Å². The van der Waals surface area contributed by atoms with E-state index in [2.05, 4.69) is 11.8 Å². The second-order valence-corrected chi connectivity index (χ2v) is 5.28. The lowest BCUT2D eigenvalue weighted by molar-refractivity contribution is 0.0886. The zero-order chi connectivity index (χ0) is 13.7. The highest BCUT2D eigenvalue weighted by Gasteiger charge is 2.22. The number of Topliss-reactive ketones (excluding diaryl/α,β-unsaturated/α-hetero) is 1. The summed E-state index contributed by atoms with van der Waals surface area (Å²) in [6.07, 6.45) is 5.83. The topological polar surface area (TPSA) is 20.3 Å². The van der Waals surface area contributed by atoms with Crippen LogP contribution in [-0.4, -0.2) is 29.8 Å². The number of carbonyl (C=O) groups is 1. The maximum Gasteiger partial charge on any atom is 0.179 e. The van der Waals surface area contributed by atoms with Gasteiger partial charge in [0.25, 0.3) is 0 Å². The van der Waals surface area contributed by atoms with Crippen LogP contribution in [0.25, 0.3) is 0 Å². The molecular weight excluding hydrogens is 241 g/mol. The van der Waals surface area contributed by atoms with Crippen molar-refractivity contribution < 1.29 is 9.18 Å². The average molecular weight is 263 g/mol. The quantitative estimate of drug-likeness (QED) is 0.773. The highest BCUT2D eigenvalue weighted by Crippen LogP contribution is 2.20. The van der Waals surface area contributed by atoms with Gasteiger partial charge < -0.3 is 0 Å². The number of ketones is 1. The Bertz CT molecular complexity index is 433. The highest BCUT2D eigenvalue weighted by molar-refractivity contribution is 5.97. The highest BCUT2D eigenvalue weighted by atomic mass is 19.1. The molecule has 3 heteroatoms. The molecule has 0 aromatic heterocycles. The first-order valence-corrected chi connectivity index (χ1v) is 7.24. The van der Waals surface area contributed by atoms with Crippen LogP contribution in [-0.2, 0) is 0 Å². The predicted molar refractivity (Wildman–Crippen MR) is 74.9 cm³/mol. The van der Waals surface area contributed by atoms with Crippen LogP contribution in [0, 0.1) is 5.82 Å². The van der Waals surface area contributed by atoms with Crippen molar-refractivity contribution in [3.8, 4) is 0 Å². The lowest BCUT2D eigenvalue weighted by atomic mass is 10.1. The average Bonchev–Trinajstić information content (AvgIpc) is 2.64. The minimum atomic E-state index is -0.407. The monoisotopic (exact) mass is 263 g/mol. The van der Waals surface area contributed by atoms with E-state index in [-0.39, 0.29) is 11.3 Å². The number of benzene rings is 1. The number of nitrogens with zero attached hydrogens (tertiary/aromatic N) is 1. The summed E-state index contributed by atoms with van der Waals surface area (Å²) in [6, 6.07) is 6.74. The summed E-state index contributed by atoms with van der Waals surface area (Å²) < 4.78 is 13.6. The molecule has 2 nitrogen and oxygen atoms in total. The molecule has 0 radical (unpaired) electrons. The molecule has 1 aliphatic heterocycles. The van der Waals surface area contributed by atoms with Crippen LogP contribution in [0.4, 0.5) is 4.39 Å². The van der Waals surface area contributed by atoms with Gasteiger partial charge in [-0.1, -0.05) is 31.9 Å². The van der Waals surface area contributed by atoms with E-state index in [1.54, 1.807) is 18.2 Å². The molecule has 0 spiro atoms. The molecule has 1 atom stereocenters. The maximum atomic E-state index is 13.6. The third-order valence-corrected chi connectivity index (χ3v) is 3.99. The van der Waals surface area contributed by atoms with Crippen LogP contribution in [0.3, 0.4) is 0 Å². The fraction of sp³-hybridized carbons (Fsp3) is 0.562. The van der Waals surface area contributed by atoms with Gasteiger partial charge in [0.15, 0.2) is 5.78 Å². The fourth-order valence-electron chi connectivity index (χ4n) is 2.86. The van der Waals surface area contributed by atoms with Gasteiger partial charge in [0.2, 0.25) is 0 Å². The van der Waals surface area contributed by atoms with Crippen molar-refractivity contribution in [2.24, 2.45) is 0 Å². The Kier molecular flexibility index (Phi) is 5.08. The van der Waals surface area contributed by atoms with Gasteiger partial charge in [0.1, 0.15) is 5.82 Å². The van der Waals surface area contributed by atoms with E-state index in [1.807, 2.05) is 0 Å². The van der Waals surface area contributed by atoms with Crippen LogP contribution in [0.5, 0.6) is 0 Å². The molecule has 1 heterocycles. The number of carbonyl (C=O) groups excluding carboxylic acids is 1. The van der Waals surface area contributed by atoms with E-state index in [9.17, 15) is 9.18 Å². The van der Waals surface area contributed by atoms with Crippen molar-refractivity contribution in [3.63, 3.8) is 0 Å². The molecule has 0 N–H and O–H groups in total. The SMILES string of the molecule is CCC1CCCCCN1CC(=O)c1ccccc1F. The first kappa shape index (κ1) is 14.2. The second kappa shape index (κ2) is 6.80. The molecule has 1 aromatic rings. The molecule has 0 aliphatic carbocycles. The van der Waals surface area contributed by atoms with Gasteiger partial charge in [0, 0.05) is 6.04 Å². The van der Waals surface area contributed by atoms with Crippen molar-refractivity contribution in [1.29, 1.82) is 0 Å². The van der Waals surface area contributed by atoms with E-state index in [0.29, 0.717) is 12.6 Å². The number of rotatable bonds is 4. The van der Waals surface area contributed by atoms with Gasteiger partial charge in [-0.2, -0.15) is 0 Å². The second-order valence-electron chi connectivity index (χ2n) is 5.28. The Labute approximate surface area is 114 Å². The Morgan fingerprint density at radius 3 is 2.84 bits per heavy atom. The van der Waals surface area contributed by atoms with E-state index in [1.165, 1.54) is 18.9 Å². The first-order chi connectivity index (χ1) is 9.22. The number of hydrogen-bond acceptors (Lipinski definition) is 2. The predicted octanol–water partition coefficient (Wildman–Crippen LogP) is 3.66. The minimum Gasteiger partial charge on any atom is -0.293 e. The van der Waals surface area contributed by atoms with Crippen molar-refractivity contribution in [1.82, 2.24) is 4.90 Å². The number of halogens is 1. The summed E-state index contributed by atoms with van der Waals surface area (Å²) in [5.41, 5.74) is 0.224. The Balaban J connectivity index is 2.06. The Hall–Kier alpha value is -1.22. The third-order valence-electron chi connectivity index (χ3n) is 3.99. The van der Waals surface area contributed by atoms with E-state index < -0.39 is 5.82 Å². The van der Waals surface area contributed by atoms with E-state index >= 15 is 0 Å². The van der Waals surface area contributed by atoms with Gasteiger partial charge >= 0.3 is 0 Å². The van der Waals surface area contributed by atoms with Gasteiger partial charge in [-0.3, -0.25) is 9.69 Å². The summed E-state index contributed by atoms with van der Waals surface area (Å²) in [5, 5.41) is 0. The molecule has 0 bridgehead atoms. The summed E-state index contributed by atoms with van der Waals surface area (Å²) >= 11 is 0. The summed E-state index contributed by atoms with van der Waals surface area (Å²) in [7, 11) is 0. The lowest BCUT2D eigenvalue weighted by Gasteiger charge is -2.28. The van der Waals surface area contributed by atoms with E-state index in [0.717, 1.165) is 25.8 Å². The molecule has 104 valence electrons. The van der Waals surface area contributed by atoms with Crippen molar-refractivity contribution in [3.05, 3.63) is 35.6 Å². The molecule has 0 amide bonds. The van der Waals surface area contributed by atoms with Gasteiger partial charge in [-0.05, 0) is 37.9 Å². The van der Waals surface area contributed by atoms with Crippen LogP contribution in [0.2, 0.25) is 0 Å². The number of hydrogen-bond donors (Lipinski definition) is 0. The largest absolute Gasteiger partial charge is 0.293 e. The van der Waals surface area contributed by atoms with E-state index in [4.69, 9.17) is 0 Å². The molecule has 1 fully saturated rings. The van der Waals surface area contributed by atoms with Crippen molar-refractivity contribution >= 4 is 5.78 Å². The summed E-state index contributed by atoms with van der Waals surface area (Å²) in [5.74, 6) is -0.506. The van der Waals surface area contributed by atoms with Crippen LogP contribution < -0.4 is 0 Å². The van der Waals surface area contributed by atoms with Crippen molar-refractivity contribution in [2.45, 2.75) is 45.1 Å². The molecule has 19 heavy (non-hydrogen) atoms.